The van der Waals surface area contributed by atoms with Gasteiger partial charge < -0.3 is 4.74 Å². The second-order valence-corrected chi connectivity index (χ2v) is 9.44. The van der Waals surface area contributed by atoms with Crippen molar-refractivity contribution < 1.29 is 13.2 Å². The fourth-order valence-electron chi connectivity index (χ4n) is 3.37. The van der Waals surface area contributed by atoms with Gasteiger partial charge in [-0.15, -0.1) is 0 Å². The first-order valence-corrected chi connectivity index (χ1v) is 12.2. The Hall–Kier alpha value is -3.23. The maximum Gasteiger partial charge on any atom is 0.264 e. The molecule has 0 heterocycles. The number of hydrogen-bond donors (Lipinski definition) is 0. The average Bonchev–Trinajstić information content (AvgIpc) is 2.81. The minimum absolute atomic E-state index is 0.220. The molecule has 3 rings (SSSR count). The van der Waals surface area contributed by atoms with Crippen LogP contribution in [0.4, 0.5) is 5.69 Å². The summed E-state index contributed by atoms with van der Waals surface area (Å²) in [6, 6.07) is 21.8. The van der Waals surface area contributed by atoms with Gasteiger partial charge in [-0.2, -0.15) is 0 Å². The number of sulfonamides is 1. The molecule has 0 saturated carbocycles. The molecule has 0 bridgehead atoms. The van der Waals surface area contributed by atoms with E-state index in [0.29, 0.717) is 11.4 Å². The first-order chi connectivity index (χ1) is 15.5. The molecule has 0 amide bonds. The van der Waals surface area contributed by atoms with Gasteiger partial charge >= 0.3 is 0 Å². The minimum atomic E-state index is -3.80. The highest BCUT2D eigenvalue weighted by Gasteiger charge is 2.26. The van der Waals surface area contributed by atoms with E-state index in [0.717, 1.165) is 36.0 Å². The van der Waals surface area contributed by atoms with Crippen LogP contribution < -0.4 is 9.04 Å². The average molecular weight is 448 g/mol. The molecule has 166 valence electrons. The van der Waals surface area contributed by atoms with Crippen LogP contribution in [0.3, 0.4) is 0 Å². The maximum absolute atomic E-state index is 13.7. The lowest BCUT2D eigenvalue weighted by atomic mass is 10.1. The summed E-state index contributed by atoms with van der Waals surface area (Å²) in [5, 5.41) is 0. The first kappa shape index (κ1) is 23.4. The third kappa shape index (κ3) is 5.72. The Balaban J connectivity index is 2.01. The molecule has 0 unspecified atom stereocenters. The van der Waals surface area contributed by atoms with Crippen molar-refractivity contribution in [2.45, 2.75) is 44.6 Å². The molecule has 0 atom stereocenters. The van der Waals surface area contributed by atoms with Gasteiger partial charge in [-0.25, -0.2) is 8.42 Å². The predicted octanol–water partition coefficient (Wildman–Crippen LogP) is 5.94. The summed E-state index contributed by atoms with van der Waals surface area (Å²) in [4.78, 5) is 0.220. The molecule has 4 nitrogen and oxygen atoms in total. The molecule has 0 N–H and O–H groups in total. The van der Waals surface area contributed by atoms with E-state index in [9.17, 15) is 8.42 Å². The van der Waals surface area contributed by atoms with Crippen molar-refractivity contribution in [1.29, 1.82) is 0 Å². The Morgan fingerprint density at radius 1 is 0.969 bits per heavy atom. The van der Waals surface area contributed by atoms with Gasteiger partial charge in [0.1, 0.15) is 5.75 Å². The molecule has 32 heavy (non-hydrogen) atoms. The Kier molecular flexibility index (Phi) is 7.97. The van der Waals surface area contributed by atoms with E-state index in [2.05, 4.69) is 18.8 Å². The summed E-state index contributed by atoms with van der Waals surface area (Å²) in [5.41, 5.74) is 3.31. The number of nitrogens with zero attached hydrogens (tertiary/aromatic N) is 1. The second kappa shape index (κ2) is 10.9. The molecule has 0 spiro atoms. The highest BCUT2D eigenvalue weighted by molar-refractivity contribution is 7.92. The van der Waals surface area contributed by atoms with Crippen molar-refractivity contribution in [2.24, 2.45) is 0 Å². The van der Waals surface area contributed by atoms with E-state index in [4.69, 9.17) is 4.74 Å². The van der Waals surface area contributed by atoms with Crippen LogP contribution in [0.5, 0.6) is 5.75 Å². The van der Waals surface area contributed by atoms with E-state index in [-0.39, 0.29) is 11.4 Å². The lowest BCUT2D eigenvalue weighted by molar-refractivity contribution is 0.414. The van der Waals surface area contributed by atoms with Gasteiger partial charge in [0.15, 0.2) is 0 Å². The van der Waals surface area contributed by atoms with Crippen molar-refractivity contribution in [3.05, 3.63) is 89.5 Å². The molecule has 0 aliphatic carbocycles. The Labute approximate surface area is 191 Å². The van der Waals surface area contributed by atoms with Crippen LogP contribution in [0.25, 0.3) is 0 Å². The van der Waals surface area contributed by atoms with Crippen LogP contribution in [0.2, 0.25) is 0 Å². The summed E-state index contributed by atoms with van der Waals surface area (Å²) in [6.07, 6.45) is 3.06. The first-order valence-electron chi connectivity index (χ1n) is 10.8. The SMILES string of the molecule is CCCCC#Cc1ccc(N(Cc2ccccc2)S(=O)(=O)c2ccc(OC)cc2)c(C)c1. The zero-order valence-electron chi connectivity index (χ0n) is 18.8. The summed E-state index contributed by atoms with van der Waals surface area (Å²) in [6.45, 7) is 4.30. The molecule has 0 saturated heterocycles. The van der Waals surface area contributed by atoms with E-state index in [1.807, 2.05) is 55.5 Å². The number of unbranched alkanes of at least 4 members (excludes halogenated alkanes) is 2. The number of aryl methyl sites for hydroxylation is 1. The van der Waals surface area contributed by atoms with Gasteiger partial charge in [0, 0.05) is 12.0 Å². The molecule has 0 radical (unpaired) electrons. The van der Waals surface area contributed by atoms with Crippen molar-refractivity contribution in [3.8, 4) is 17.6 Å². The van der Waals surface area contributed by atoms with Crippen LogP contribution in [0.1, 0.15) is 42.9 Å². The number of methoxy groups -OCH3 is 1. The molecular formula is C27H29NO3S. The lowest BCUT2D eigenvalue weighted by Crippen LogP contribution is -2.31. The molecule has 0 aromatic heterocycles. The van der Waals surface area contributed by atoms with Gasteiger partial charge in [0.25, 0.3) is 10.0 Å². The van der Waals surface area contributed by atoms with Crippen molar-refractivity contribution in [2.75, 3.05) is 11.4 Å². The summed E-state index contributed by atoms with van der Waals surface area (Å²) in [5.74, 6) is 6.99. The highest BCUT2D eigenvalue weighted by atomic mass is 32.2. The summed E-state index contributed by atoms with van der Waals surface area (Å²) in [7, 11) is -2.24. The molecule has 0 fully saturated rings. The largest absolute Gasteiger partial charge is 0.497 e. The Morgan fingerprint density at radius 2 is 1.69 bits per heavy atom. The third-order valence-corrected chi connectivity index (χ3v) is 6.94. The van der Waals surface area contributed by atoms with Crippen LogP contribution in [0, 0.1) is 18.8 Å². The number of hydrogen-bond acceptors (Lipinski definition) is 3. The number of benzene rings is 3. The van der Waals surface area contributed by atoms with Gasteiger partial charge in [0.2, 0.25) is 0 Å². The molecule has 3 aromatic carbocycles. The topological polar surface area (TPSA) is 46.6 Å². The highest BCUT2D eigenvalue weighted by Crippen LogP contribution is 2.30. The lowest BCUT2D eigenvalue weighted by Gasteiger charge is -2.26. The monoisotopic (exact) mass is 447 g/mol. The maximum atomic E-state index is 13.7. The number of anilines is 1. The van der Waals surface area contributed by atoms with Crippen LogP contribution in [0.15, 0.2) is 77.7 Å². The summed E-state index contributed by atoms with van der Waals surface area (Å²) < 4.78 is 34.0. The van der Waals surface area contributed by atoms with E-state index in [1.54, 1.807) is 31.4 Å². The van der Waals surface area contributed by atoms with Crippen molar-refractivity contribution >= 4 is 15.7 Å². The Bertz CT molecular complexity index is 1190. The zero-order valence-corrected chi connectivity index (χ0v) is 19.7. The molecule has 5 heteroatoms. The smallest absolute Gasteiger partial charge is 0.264 e. The zero-order chi connectivity index (χ0) is 23.0. The van der Waals surface area contributed by atoms with Gasteiger partial charge in [-0.3, -0.25) is 4.31 Å². The van der Waals surface area contributed by atoms with Gasteiger partial charge in [0.05, 0.1) is 24.2 Å². The molecule has 0 aliphatic rings. The quantitative estimate of drug-likeness (QED) is 0.317. The normalized spacial score (nSPS) is 10.8. The minimum Gasteiger partial charge on any atom is -0.497 e. The fraction of sp³-hybridized carbons (Fsp3) is 0.259. The van der Waals surface area contributed by atoms with Crippen LogP contribution in [-0.4, -0.2) is 15.5 Å². The van der Waals surface area contributed by atoms with Crippen LogP contribution in [-0.2, 0) is 16.6 Å². The number of ether oxygens (including phenoxy) is 1. The molecular weight excluding hydrogens is 418 g/mol. The standard InChI is InChI=1S/C27H29NO3S/c1-4-5-6-8-11-23-14-19-27(22(2)20-23)28(21-24-12-9-7-10-13-24)32(29,30)26-17-15-25(31-3)16-18-26/h7,9-10,12-20H,4-6,21H2,1-3H3. The van der Waals surface area contributed by atoms with E-state index < -0.39 is 10.0 Å². The Morgan fingerprint density at radius 3 is 2.31 bits per heavy atom. The van der Waals surface area contributed by atoms with E-state index >= 15 is 0 Å². The van der Waals surface area contributed by atoms with Gasteiger partial charge in [-0.05, 0) is 66.9 Å². The third-order valence-electron chi connectivity index (χ3n) is 5.17. The van der Waals surface area contributed by atoms with E-state index in [1.165, 1.54) is 4.31 Å². The summed E-state index contributed by atoms with van der Waals surface area (Å²) >= 11 is 0. The fourth-order valence-corrected chi connectivity index (χ4v) is 4.88. The predicted molar refractivity (Wildman–Crippen MR) is 130 cm³/mol. The second-order valence-electron chi connectivity index (χ2n) is 7.58. The van der Waals surface area contributed by atoms with Gasteiger partial charge in [-0.1, -0.05) is 55.5 Å². The van der Waals surface area contributed by atoms with Crippen molar-refractivity contribution in [3.63, 3.8) is 0 Å². The molecule has 3 aromatic rings. The molecule has 0 aliphatic heterocycles. The van der Waals surface area contributed by atoms with Crippen LogP contribution >= 0.6 is 0 Å². The van der Waals surface area contributed by atoms with Crippen molar-refractivity contribution in [1.82, 2.24) is 0 Å². The number of rotatable bonds is 8.